The lowest BCUT2D eigenvalue weighted by Gasteiger charge is -2.20. The van der Waals surface area contributed by atoms with Gasteiger partial charge in [-0.05, 0) is 0 Å². The number of amides is 1. The van der Waals surface area contributed by atoms with E-state index in [1.807, 2.05) is 6.92 Å². The summed E-state index contributed by atoms with van der Waals surface area (Å²) in [5.74, 6) is 4.69. The molecule has 0 saturated heterocycles. The molecule has 0 bridgehead atoms. The van der Waals surface area contributed by atoms with Gasteiger partial charge in [0.1, 0.15) is 5.71 Å². The van der Waals surface area contributed by atoms with Gasteiger partial charge in [0.2, 0.25) is 0 Å². The molecule has 2 rings (SSSR count). The van der Waals surface area contributed by atoms with Crippen LogP contribution in [0.2, 0.25) is 0 Å². The van der Waals surface area contributed by atoms with Gasteiger partial charge >= 0.3 is 5.97 Å². The van der Waals surface area contributed by atoms with E-state index in [9.17, 15) is 9.59 Å². The summed E-state index contributed by atoms with van der Waals surface area (Å²) < 4.78 is 1.13. The van der Waals surface area contributed by atoms with Crippen LogP contribution in [0.5, 0.6) is 0 Å². The zero-order chi connectivity index (χ0) is 13.3. The molecule has 1 aromatic heterocycles. The fourth-order valence-corrected chi connectivity index (χ4v) is 1.56. The van der Waals surface area contributed by atoms with Crippen LogP contribution in [0.1, 0.15) is 25.6 Å². The van der Waals surface area contributed by atoms with Crippen LogP contribution >= 0.6 is 0 Å². The summed E-state index contributed by atoms with van der Waals surface area (Å²) in [6.07, 6.45) is 0.699. The Balaban J connectivity index is 2.41. The van der Waals surface area contributed by atoms with E-state index in [1.165, 1.54) is 0 Å². The Hall–Kier alpha value is -2.45. The molecule has 9 nitrogen and oxygen atoms in total. The minimum atomic E-state index is -1.16. The predicted octanol–water partition coefficient (Wildman–Crippen LogP) is -0.878. The molecular weight excluding hydrogens is 240 g/mol. The highest BCUT2D eigenvalue weighted by Crippen LogP contribution is 2.17. The zero-order valence-electron chi connectivity index (χ0n) is 9.70. The van der Waals surface area contributed by atoms with Crippen molar-refractivity contribution in [3.8, 4) is 0 Å². The van der Waals surface area contributed by atoms with Crippen LogP contribution in [-0.4, -0.2) is 37.6 Å². The molecule has 1 aromatic rings. The SMILES string of the molecule is CCc1nnc(N2N=C(C(=O)O)CCC2=O)n1N. The number of hydrazone groups is 1. The fraction of sp³-hybridized carbons (Fsp3) is 0.444. The van der Waals surface area contributed by atoms with E-state index in [0.717, 1.165) is 9.69 Å². The van der Waals surface area contributed by atoms with Gasteiger partial charge in [0.15, 0.2) is 5.82 Å². The summed E-state index contributed by atoms with van der Waals surface area (Å²) in [7, 11) is 0. The van der Waals surface area contributed by atoms with Crippen LogP contribution in [-0.2, 0) is 16.0 Å². The number of hydrogen-bond donors (Lipinski definition) is 2. The Labute approximate surface area is 102 Å². The topological polar surface area (TPSA) is 127 Å². The van der Waals surface area contributed by atoms with E-state index in [2.05, 4.69) is 15.3 Å². The number of nitrogens with two attached hydrogens (primary N) is 1. The van der Waals surface area contributed by atoms with Crippen LogP contribution in [0.25, 0.3) is 0 Å². The molecule has 0 aromatic carbocycles. The number of carbonyl (C=O) groups excluding carboxylic acids is 1. The Kier molecular flexibility index (Phi) is 2.96. The van der Waals surface area contributed by atoms with E-state index in [4.69, 9.17) is 10.9 Å². The predicted molar refractivity (Wildman–Crippen MR) is 61.3 cm³/mol. The summed E-state index contributed by atoms with van der Waals surface area (Å²) in [5.41, 5.74) is -0.101. The summed E-state index contributed by atoms with van der Waals surface area (Å²) in [6.45, 7) is 1.83. The van der Waals surface area contributed by atoms with Crippen LogP contribution in [0, 0.1) is 0 Å². The van der Waals surface area contributed by atoms with E-state index in [-0.39, 0.29) is 30.4 Å². The standard InChI is InChI=1S/C9H12N6O3/c1-2-6-11-12-9(14(6)10)15-7(16)4-3-5(13-15)8(17)18/h2-4,10H2,1H3,(H,17,18). The highest BCUT2D eigenvalue weighted by atomic mass is 16.4. The number of aliphatic carboxylic acids is 1. The number of anilines is 1. The van der Waals surface area contributed by atoms with Crippen molar-refractivity contribution in [1.82, 2.24) is 14.9 Å². The molecule has 1 amide bonds. The smallest absolute Gasteiger partial charge is 0.352 e. The minimum absolute atomic E-state index is 0.0234. The molecule has 18 heavy (non-hydrogen) atoms. The van der Waals surface area contributed by atoms with Gasteiger partial charge in [-0.25, -0.2) is 9.47 Å². The van der Waals surface area contributed by atoms with Crippen molar-refractivity contribution >= 4 is 23.5 Å². The molecule has 0 saturated carbocycles. The fourth-order valence-electron chi connectivity index (χ4n) is 1.56. The average molecular weight is 252 g/mol. The number of nitrogens with zero attached hydrogens (tertiary/aromatic N) is 5. The van der Waals surface area contributed by atoms with Gasteiger partial charge in [0, 0.05) is 19.3 Å². The molecule has 0 radical (unpaired) electrons. The van der Waals surface area contributed by atoms with Gasteiger partial charge in [0.05, 0.1) is 0 Å². The van der Waals surface area contributed by atoms with Gasteiger partial charge in [-0.3, -0.25) is 4.79 Å². The quantitative estimate of drug-likeness (QED) is 0.672. The molecule has 2 heterocycles. The summed E-state index contributed by atoms with van der Waals surface area (Å²) in [4.78, 5) is 22.5. The third-order valence-corrected chi connectivity index (χ3v) is 2.53. The molecule has 0 aliphatic carbocycles. The van der Waals surface area contributed by atoms with Crippen molar-refractivity contribution in [2.24, 2.45) is 5.10 Å². The molecule has 1 aliphatic heterocycles. The number of hydrogen-bond acceptors (Lipinski definition) is 6. The van der Waals surface area contributed by atoms with Crippen molar-refractivity contribution in [2.75, 3.05) is 10.9 Å². The highest BCUT2D eigenvalue weighted by molar-refractivity contribution is 6.37. The van der Waals surface area contributed by atoms with Gasteiger partial charge in [0.25, 0.3) is 11.9 Å². The second-order valence-corrected chi connectivity index (χ2v) is 3.70. The second kappa shape index (κ2) is 4.43. The monoisotopic (exact) mass is 252 g/mol. The van der Waals surface area contributed by atoms with E-state index >= 15 is 0 Å². The Morgan fingerprint density at radius 3 is 2.72 bits per heavy atom. The minimum Gasteiger partial charge on any atom is -0.477 e. The number of carbonyl (C=O) groups is 2. The maximum absolute atomic E-state index is 11.7. The lowest BCUT2D eigenvalue weighted by atomic mass is 10.2. The molecule has 3 N–H and O–H groups in total. The molecule has 0 spiro atoms. The number of aryl methyl sites for hydroxylation is 1. The van der Waals surface area contributed by atoms with Crippen LogP contribution in [0.15, 0.2) is 5.10 Å². The number of rotatable bonds is 3. The number of aromatic nitrogens is 3. The maximum atomic E-state index is 11.7. The molecule has 96 valence electrons. The van der Waals surface area contributed by atoms with Gasteiger partial charge in [-0.15, -0.1) is 10.2 Å². The summed E-state index contributed by atoms with van der Waals surface area (Å²) in [5, 5.41) is 21.0. The van der Waals surface area contributed by atoms with Crippen molar-refractivity contribution < 1.29 is 14.7 Å². The average Bonchev–Trinajstić information content (AvgIpc) is 2.70. The largest absolute Gasteiger partial charge is 0.477 e. The molecule has 0 atom stereocenters. The molecule has 1 aliphatic rings. The zero-order valence-corrected chi connectivity index (χ0v) is 9.70. The lowest BCUT2D eigenvalue weighted by molar-refractivity contribution is -0.129. The van der Waals surface area contributed by atoms with Gasteiger partial charge in [-0.2, -0.15) is 10.1 Å². The highest BCUT2D eigenvalue weighted by Gasteiger charge is 2.29. The Morgan fingerprint density at radius 1 is 1.44 bits per heavy atom. The Bertz CT molecular complexity index is 534. The van der Waals surface area contributed by atoms with Crippen molar-refractivity contribution in [2.45, 2.75) is 26.2 Å². The normalized spacial score (nSPS) is 15.7. The van der Waals surface area contributed by atoms with Crippen LogP contribution < -0.4 is 10.9 Å². The summed E-state index contributed by atoms with van der Waals surface area (Å²) >= 11 is 0. The maximum Gasteiger partial charge on any atom is 0.352 e. The number of carboxylic acids is 1. The van der Waals surface area contributed by atoms with E-state index in [1.54, 1.807) is 0 Å². The lowest BCUT2D eigenvalue weighted by Crippen LogP contribution is -2.37. The third-order valence-electron chi connectivity index (χ3n) is 2.53. The Morgan fingerprint density at radius 2 is 2.17 bits per heavy atom. The first kappa shape index (κ1) is 12.0. The van der Waals surface area contributed by atoms with Gasteiger partial charge < -0.3 is 10.9 Å². The van der Waals surface area contributed by atoms with Gasteiger partial charge in [-0.1, -0.05) is 6.92 Å². The molecular formula is C9H12N6O3. The van der Waals surface area contributed by atoms with Crippen molar-refractivity contribution in [3.63, 3.8) is 0 Å². The third kappa shape index (κ3) is 1.90. The first-order chi connectivity index (χ1) is 8.54. The summed E-state index contributed by atoms with van der Waals surface area (Å²) in [6, 6.07) is 0. The van der Waals surface area contributed by atoms with Crippen molar-refractivity contribution in [3.05, 3.63) is 5.82 Å². The number of carboxylic acid groups (broad SMARTS) is 1. The first-order valence-electron chi connectivity index (χ1n) is 5.37. The van der Waals surface area contributed by atoms with E-state index < -0.39 is 5.97 Å². The van der Waals surface area contributed by atoms with Crippen LogP contribution in [0.3, 0.4) is 0 Å². The second-order valence-electron chi connectivity index (χ2n) is 3.70. The molecule has 0 unspecified atom stereocenters. The molecule has 0 fully saturated rings. The van der Waals surface area contributed by atoms with Crippen LogP contribution in [0.4, 0.5) is 5.95 Å². The van der Waals surface area contributed by atoms with E-state index in [0.29, 0.717) is 12.2 Å². The first-order valence-corrected chi connectivity index (χ1v) is 5.37. The molecule has 9 heteroatoms. The number of nitrogen functional groups attached to an aromatic ring is 1. The van der Waals surface area contributed by atoms with Crippen molar-refractivity contribution in [1.29, 1.82) is 0 Å².